The predicted molar refractivity (Wildman–Crippen MR) is 159 cm³/mol. The van der Waals surface area contributed by atoms with Crippen molar-refractivity contribution in [3.63, 3.8) is 0 Å². The zero-order valence-electron chi connectivity index (χ0n) is 24.8. The molecule has 1 aliphatic heterocycles. The van der Waals surface area contributed by atoms with E-state index in [4.69, 9.17) is 5.73 Å². The third kappa shape index (κ3) is 7.35. The first kappa shape index (κ1) is 32.6. The topological polar surface area (TPSA) is 148 Å². The first-order chi connectivity index (χ1) is 21.9. The van der Waals surface area contributed by atoms with Crippen molar-refractivity contribution >= 4 is 29.1 Å². The molecule has 1 unspecified atom stereocenters. The number of aromatic nitrogens is 5. The van der Waals surface area contributed by atoms with Crippen molar-refractivity contribution in [2.45, 2.75) is 51.4 Å². The maximum absolute atomic E-state index is 13.7. The fourth-order valence-corrected chi connectivity index (χ4v) is 5.25. The van der Waals surface area contributed by atoms with E-state index < -0.39 is 30.4 Å². The van der Waals surface area contributed by atoms with E-state index in [1.807, 2.05) is 6.92 Å². The van der Waals surface area contributed by atoms with Crippen LogP contribution in [-0.4, -0.2) is 79.6 Å². The average Bonchev–Trinajstić information content (AvgIpc) is 3.75. The van der Waals surface area contributed by atoms with Gasteiger partial charge in [-0.25, -0.2) is 23.5 Å². The van der Waals surface area contributed by atoms with Crippen LogP contribution in [0.25, 0.3) is 16.9 Å². The minimum Gasteiger partial charge on any atom is -0.352 e. The number of rotatable bonds is 11. The van der Waals surface area contributed by atoms with Crippen LogP contribution < -0.4 is 21.7 Å². The van der Waals surface area contributed by atoms with Gasteiger partial charge in [0.15, 0.2) is 17.2 Å². The molecule has 1 atom stereocenters. The minimum absolute atomic E-state index is 0.00320. The highest BCUT2D eigenvalue weighted by Gasteiger charge is 2.38. The fourth-order valence-electron chi connectivity index (χ4n) is 5.25. The molecule has 1 aliphatic rings. The number of hydrogen-bond donors (Lipinski definition) is 4. The van der Waals surface area contributed by atoms with E-state index in [0.717, 1.165) is 18.2 Å². The van der Waals surface area contributed by atoms with Gasteiger partial charge in [0.25, 0.3) is 12.3 Å². The minimum atomic E-state index is -4.88. The first-order valence-corrected chi connectivity index (χ1v) is 14.7. The molecule has 0 saturated carbocycles. The molecule has 0 bridgehead atoms. The van der Waals surface area contributed by atoms with Gasteiger partial charge in [-0.15, -0.1) is 0 Å². The molecule has 46 heavy (non-hydrogen) atoms. The van der Waals surface area contributed by atoms with Crippen molar-refractivity contribution in [2.75, 3.05) is 31.5 Å². The number of nitrogens with two attached hydrogens (primary N) is 1. The van der Waals surface area contributed by atoms with Gasteiger partial charge in [0.2, 0.25) is 0 Å². The van der Waals surface area contributed by atoms with Gasteiger partial charge in [-0.1, -0.05) is 6.92 Å². The summed E-state index contributed by atoms with van der Waals surface area (Å²) in [6, 6.07) is 4.92. The summed E-state index contributed by atoms with van der Waals surface area (Å²) in [4.78, 5) is 35.3. The molecular formula is C29H33F5N10O2. The number of carbonyl (C=O) groups excluding carboxylic acids is 2. The summed E-state index contributed by atoms with van der Waals surface area (Å²) in [7, 11) is 0. The van der Waals surface area contributed by atoms with E-state index in [1.54, 1.807) is 23.1 Å². The summed E-state index contributed by atoms with van der Waals surface area (Å²) in [5, 5.41) is 12.2. The number of nitrogens with zero attached hydrogens (tertiary/aromatic N) is 6. The number of benzene rings is 1. The summed E-state index contributed by atoms with van der Waals surface area (Å²) in [6.45, 7) is 2.81. The molecule has 5 rings (SSSR count). The molecule has 5 N–H and O–H groups in total. The second-order valence-electron chi connectivity index (χ2n) is 10.8. The van der Waals surface area contributed by atoms with Gasteiger partial charge in [-0.3, -0.25) is 13.9 Å². The zero-order valence-corrected chi connectivity index (χ0v) is 24.8. The van der Waals surface area contributed by atoms with Crippen LogP contribution in [-0.2, 0) is 19.1 Å². The maximum Gasteiger partial charge on any atom is 0.435 e. The van der Waals surface area contributed by atoms with Crippen LogP contribution in [0.15, 0.2) is 43.0 Å². The number of anilines is 2. The number of aryl methyl sites for hydroxylation is 1. The molecule has 0 aliphatic carbocycles. The third-order valence-electron chi connectivity index (χ3n) is 7.48. The van der Waals surface area contributed by atoms with Crippen LogP contribution in [0.1, 0.15) is 41.4 Å². The molecule has 17 heteroatoms. The Hall–Kier alpha value is -4.80. The predicted octanol–water partition coefficient (Wildman–Crippen LogP) is 4.05. The van der Waals surface area contributed by atoms with Gasteiger partial charge in [0, 0.05) is 62.1 Å². The lowest BCUT2D eigenvalue weighted by molar-refractivity contribution is -0.141. The monoisotopic (exact) mass is 648 g/mol. The number of nitrogens with one attached hydrogen (secondary N) is 3. The lowest BCUT2D eigenvalue weighted by Gasteiger charge is -2.16. The van der Waals surface area contributed by atoms with E-state index in [-0.39, 0.29) is 35.1 Å². The lowest BCUT2D eigenvalue weighted by Crippen LogP contribution is -2.40. The lowest BCUT2D eigenvalue weighted by atomic mass is 10.0. The SMILES string of the molecule is CCc1cc(Nc2nccn3c(-c4cn(CC(F)F)nc4C(F)(F)F)cnc23)ccc1C(=O)NCCCNC(=O)N1CCC(N)C1. The number of urea groups is 1. The van der Waals surface area contributed by atoms with Crippen LogP contribution >= 0.6 is 0 Å². The van der Waals surface area contributed by atoms with Crippen molar-refractivity contribution in [2.24, 2.45) is 5.73 Å². The van der Waals surface area contributed by atoms with Crippen LogP contribution in [0.3, 0.4) is 0 Å². The van der Waals surface area contributed by atoms with Crippen molar-refractivity contribution in [1.29, 1.82) is 0 Å². The smallest absolute Gasteiger partial charge is 0.352 e. The largest absolute Gasteiger partial charge is 0.435 e. The molecule has 246 valence electrons. The summed E-state index contributed by atoms with van der Waals surface area (Å²) < 4.78 is 68.9. The maximum atomic E-state index is 13.7. The van der Waals surface area contributed by atoms with E-state index >= 15 is 0 Å². The number of imidazole rings is 1. The van der Waals surface area contributed by atoms with Crippen LogP contribution in [0.5, 0.6) is 0 Å². The van der Waals surface area contributed by atoms with E-state index in [0.29, 0.717) is 55.0 Å². The molecule has 0 radical (unpaired) electrons. The van der Waals surface area contributed by atoms with E-state index in [1.165, 1.54) is 23.0 Å². The highest BCUT2D eigenvalue weighted by atomic mass is 19.4. The van der Waals surface area contributed by atoms with Gasteiger partial charge in [-0.2, -0.15) is 18.3 Å². The van der Waals surface area contributed by atoms with Crippen molar-refractivity contribution in [1.82, 2.24) is 39.7 Å². The molecule has 0 spiro atoms. The summed E-state index contributed by atoms with van der Waals surface area (Å²) in [5.41, 5.74) is 6.08. The Labute approximate surface area is 260 Å². The molecule has 3 aromatic heterocycles. The number of carbonyl (C=O) groups is 2. The van der Waals surface area contributed by atoms with Crippen molar-refractivity contribution in [3.05, 3.63) is 59.8 Å². The second-order valence-corrected chi connectivity index (χ2v) is 10.8. The van der Waals surface area contributed by atoms with Gasteiger partial charge in [-0.05, 0) is 43.0 Å². The summed E-state index contributed by atoms with van der Waals surface area (Å²) in [6.07, 6.45) is -1.04. The number of halogens is 5. The standard InChI is InChI=1S/C29H33F5N10O2/c1-2-17-12-19(4-5-20(17)27(45)37-7-3-8-38-28(46)42-10-6-18(35)14-42)40-25-26-39-13-22(44(26)11-9-36-25)21-15-43(16-23(30)31)41-24(21)29(32,33)34/h4-5,9,11-13,15,18,23H,2-3,6-8,10,14,16,35H2,1H3,(H,36,40)(H,37,45)(H,38,46). The molecule has 12 nitrogen and oxygen atoms in total. The highest BCUT2D eigenvalue weighted by Crippen LogP contribution is 2.37. The Balaban J connectivity index is 1.26. The molecule has 4 heterocycles. The molecule has 1 aromatic carbocycles. The summed E-state index contributed by atoms with van der Waals surface area (Å²) in [5.74, 6) is -0.0503. The van der Waals surface area contributed by atoms with Gasteiger partial charge in [0.05, 0.1) is 17.5 Å². The Morgan fingerprint density at radius 3 is 2.63 bits per heavy atom. The fraction of sp³-hybridized carbons (Fsp3) is 0.414. The normalized spacial score (nSPS) is 15.1. The van der Waals surface area contributed by atoms with Crippen molar-refractivity contribution < 1.29 is 31.5 Å². The number of hydrogen-bond acceptors (Lipinski definition) is 7. The van der Waals surface area contributed by atoms with Crippen LogP contribution in [0.4, 0.5) is 38.3 Å². The Bertz CT molecular complexity index is 1700. The van der Waals surface area contributed by atoms with Crippen molar-refractivity contribution in [3.8, 4) is 11.3 Å². The quantitative estimate of drug-likeness (QED) is 0.142. The Morgan fingerprint density at radius 2 is 1.93 bits per heavy atom. The molecule has 1 saturated heterocycles. The molecule has 4 aromatic rings. The summed E-state index contributed by atoms with van der Waals surface area (Å²) >= 11 is 0. The zero-order chi connectivity index (χ0) is 33.0. The number of amides is 3. The van der Waals surface area contributed by atoms with Gasteiger partial charge in [0.1, 0.15) is 6.54 Å². The number of alkyl halides is 5. The number of likely N-dealkylation sites (tertiary alicyclic amines) is 1. The third-order valence-corrected chi connectivity index (χ3v) is 7.48. The van der Waals surface area contributed by atoms with E-state index in [9.17, 15) is 31.5 Å². The molecule has 1 fully saturated rings. The van der Waals surface area contributed by atoms with Gasteiger partial charge >= 0.3 is 12.2 Å². The average molecular weight is 649 g/mol. The van der Waals surface area contributed by atoms with Gasteiger partial charge < -0.3 is 26.6 Å². The van der Waals surface area contributed by atoms with Crippen LogP contribution in [0.2, 0.25) is 0 Å². The Morgan fingerprint density at radius 1 is 1.15 bits per heavy atom. The first-order valence-electron chi connectivity index (χ1n) is 14.7. The molecule has 3 amide bonds. The Kier molecular flexibility index (Phi) is 9.69. The highest BCUT2D eigenvalue weighted by molar-refractivity contribution is 5.96. The second kappa shape index (κ2) is 13.7. The number of fused-ring (bicyclic) bond motifs is 1. The van der Waals surface area contributed by atoms with Crippen LogP contribution in [0, 0.1) is 0 Å². The van der Waals surface area contributed by atoms with E-state index in [2.05, 4.69) is 31.0 Å². The molecular weight excluding hydrogens is 615 g/mol.